The molecule has 1 heterocycles. The maximum atomic E-state index is 14.7. The largest absolute Gasteiger partial charge is 0.384 e. The first kappa shape index (κ1) is 17.8. The molecule has 3 aromatic rings. The van der Waals surface area contributed by atoms with Crippen LogP contribution in [0.4, 0.5) is 18.9 Å². The van der Waals surface area contributed by atoms with Crippen molar-refractivity contribution in [3.8, 4) is 0 Å². The molecule has 1 aliphatic heterocycles. The molecule has 0 fully saturated rings. The Balaban J connectivity index is 1.70. The van der Waals surface area contributed by atoms with Gasteiger partial charge in [-0.05, 0) is 53.3 Å². The first-order valence-electron chi connectivity index (χ1n) is 9.41. The van der Waals surface area contributed by atoms with Gasteiger partial charge >= 0.3 is 0 Å². The number of benzene rings is 3. The fourth-order valence-corrected chi connectivity index (χ4v) is 4.81. The van der Waals surface area contributed by atoms with Crippen molar-refractivity contribution in [2.45, 2.75) is 18.4 Å². The van der Waals surface area contributed by atoms with E-state index in [0.717, 1.165) is 28.4 Å². The van der Waals surface area contributed by atoms with Crippen molar-refractivity contribution in [3.05, 3.63) is 99.9 Å². The molecule has 5 rings (SSSR count). The molecule has 0 aromatic heterocycles. The highest BCUT2D eigenvalue weighted by molar-refractivity contribution is 5.95. The highest BCUT2D eigenvalue weighted by atomic mass is 19.2. The fourth-order valence-electron chi connectivity index (χ4n) is 4.81. The van der Waals surface area contributed by atoms with E-state index in [1.807, 2.05) is 36.4 Å². The smallest absolute Gasteiger partial charge is 0.161 e. The third kappa shape index (κ3) is 2.70. The first-order chi connectivity index (χ1) is 13.9. The SMILES string of the molecule is N=C(N)c1ccc2c(c1)C1c3ccccc3CC1C(c1cc(F)c(F)cc1F)N2. The summed E-state index contributed by atoms with van der Waals surface area (Å²) in [6, 6.07) is 14.5. The van der Waals surface area contributed by atoms with Crippen LogP contribution in [0.25, 0.3) is 0 Å². The quantitative estimate of drug-likeness (QED) is 0.331. The molecule has 3 unspecified atom stereocenters. The van der Waals surface area contributed by atoms with Gasteiger partial charge in [0, 0.05) is 28.8 Å². The molecule has 0 amide bonds. The van der Waals surface area contributed by atoms with Crippen LogP contribution in [0.15, 0.2) is 54.6 Å². The van der Waals surface area contributed by atoms with Crippen molar-refractivity contribution in [3.63, 3.8) is 0 Å². The zero-order valence-electron chi connectivity index (χ0n) is 15.3. The van der Waals surface area contributed by atoms with E-state index in [1.54, 1.807) is 6.07 Å². The predicted octanol–water partition coefficient (Wildman–Crippen LogP) is 4.86. The van der Waals surface area contributed by atoms with Crippen molar-refractivity contribution in [1.29, 1.82) is 5.41 Å². The van der Waals surface area contributed by atoms with Gasteiger partial charge in [-0.2, -0.15) is 0 Å². The van der Waals surface area contributed by atoms with Gasteiger partial charge in [-0.3, -0.25) is 5.41 Å². The molecule has 1 aliphatic carbocycles. The Morgan fingerprint density at radius 2 is 1.66 bits per heavy atom. The Bertz CT molecular complexity index is 1160. The lowest BCUT2D eigenvalue weighted by molar-refractivity contribution is 0.402. The number of amidine groups is 1. The van der Waals surface area contributed by atoms with Crippen LogP contribution in [0.5, 0.6) is 0 Å². The summed E-state index contributed by atoms with van der Waals surface area (Å²) in [7, 11) is 0. The standard InChI is InChI=1S/C23H18F3N3/c24-17-10-19(26)18(25)9-14(17)22-16-7-11-3-1-2-4-13(11)21(16)15-8-12(23(27)28)5-6-20(15)29-22/h1-6,8-10,16,21-22,29H,7H2,(H3,27,28). The van der Waals surface area contributed by atoms with Crippen LogP contribution in [-0.2, 0) is 6.42 Å². The molecule has 6 heteroatoms. The summed E-state index contributed by atoms with van der Waals surface area (Å²) < 4.78 is 42.1. The van der Waals surface area contributed by atoms with Gasteiger partial charge in [0.2, 0.25) is 0 Å². The van der Waals surface area contributed by atoms with Crippen molar-refractivity contribution in [1.82, 2.24) is 0 Å². The molecule has 0 radical (unpaired) electrons. The van der Waals surface area contributed by atoms with Crippen molar-refractivity contribution in [2.75, 3.05) is 5.32 Å². The van der Waals surface area contributed by atoms with E-state index >= 15 is 0 Å². The van der Waals surface area contributed by atoms with Crippen LogP contribution in [0.2, 0.25) is 0 Å². The van der Waals surface area contributed by atoms with Gasteiger partial charge < -0.3 is 11.1 Å². The summed E-state index contributed by atoms with van der Waals surface area (Å²) in [4.78, 5) is 0. The summed E-state index contributed by atoms with van der Waals surface area (Å²) in [6.45, 7) is 0. The van der Waals surface area contributed by atoms with Crippen LogP contribution in [0.1, 0.15) is 39.8 Å². The number of anilines is 1. The molecule has 2 aliphatic rings. The molecular formula is C23H18F3N3. The van der Waals surface area contributed by atoms with Gasteiger partial charge in [-0.1, -0.05) is 24.3 Å². The molecular weight excluding hydrogens is 375 g/mol. The fraction of sp³-hybridized carbons (Fsp3) is 0.174. The highest BCUT2D eigenvalue weighted by Gasteiger charge is 2.44. The number of rotatable bonds is 2. The van der Waals surface area contributed by atoms with E-state index in [9.17, 15) is 13.2 Å². The number of hydrogen-bond donors (Lipinski definition) is 3. The number of fused-ring (bicyclic) bond motifs is 5. The summed E-state index contributed by atoms with van der Waals surface area (Å²) in [5, 5.41) is 11.1. The summed E-state index contributed by atoms with van der Waals surface area (Å²) >= 11 is 0. The average Bonchev–Trinajstić information content (AvgIpc) is 3.09. The minimum Gasteiger partial charge on any atom is -0.384 e. The number of halogens is 3. The van der Waals surface area contributed by atoms with Gasteiger partial charge in [-0.25, -0.2) is 13.2 Å². The third-order valence-electron chi connectivity index (χ3n) is 6.09. The van der Waals surface area contributed by atoms with Gasteiger partial charge in [0.25, 0.3) is 0 Å². The van der Waals surface area contributed by atoms with Crippen LogP contribution >= 0.6 is 0 Å². The molecule has 3 aromatic carbocycles. The number of hydrogen-bond acceptors (Lipinski definition) is 2. The maximum absolute atomic E-state index is 14.7. The summed E-state index contributed by atoms with van der Waals surface area (Å²) in [5.74, 6) is -3.18. The average molecular weight is 393 g/mol. The zero-order chi connectivity index (χ0) is 20.3. The third-order valence-corrected chi connectivity index (χ3v) is 6.09. The monoisotopic (exact) mass is 393 g/mol. The maximum Gasteiger partial charge on any atom is 0.161 e. The van der Waals surface area contributed by atoms with E-state index in [-0.39, 0.29) is 23.2 Å². The Morgan fingerprint density at radius 1 is 0.897 bits per heavy atom. The number of nitrogen functional groups attached to an aromatic ring is 1. The van der Waals surface area contributed by atoms with Gasteiger partial charge in [0.1, 0.15) is 11.7 Å². The summed E-state index contributed by atoms with van der Waals surface area (Å²) in [5.41, 5.74) is 10.5. The molecule has 0 bridgehead atoms. The minimum absolute atomic E-state index is 0.0237. The second-order valence-electron chi connectivity index (χ2n) is 7.67. The van der Waals surface area contributed by atoms with Crippen LogP contribution < -0.4 is 11.1 Å². The van der Waals surface area contributed by atoms with E-state index in [1.165, 1.54) is 0 Å². The zero-order valence-corrected chi connectivity index (χ0v) is 15.3. The van der Waals surface area contributed by atoms with E-state index < -0.39 is 23.5 Å². The highest BCUT2D eigenvalue weighted by Crippen LogP contribution is 2.54. The van der Waals surface area contributed by atoms with E-state index in [4.69, 9.17) is 11.1 Å². The van der Waals surface area contributed by atoms with Crippen LogP contribution in [0.3, 0.4) is 0 Å². The van der Waals surface area contributed by atoms with E-state index in [2.05, 4.69) is 5.32 Å². The molecule has 146 valence electrons. The molecule has 0 spiro atoms. The topological polar surface area (TPSA) is 61.9 Å². The van der Waals surface area contributed by atoms with Gasteiger partial charge in [-0.15, -0.1) is 0 Å². The molecule has 3 nitrogen and oxygen atoms in total. The van der Waals surface area contributed by atoms with Gasteiger partial charge in [0.05, 0.1) is 6.04 Å². The van der Waals surface area contributed by atoms with Crippen molar-refractivity contribution >= 4 is 11.5 Å². The molecule has 3 atom stereocenters. The molecule has 0 saturated heterocycles. The normalized spacial score (nSPS) is 21.7. The lowest BCUT2D eigenvalue weighted by Gasteiger charge is -2.38. The Morgan fingerprint density at radius 3 is 2.45 bits per heavy atom. The lowest BCUT2D eigenvalue weighted by atomic mass is 9.75. The Hall–Kier alpha value is -3.28. The number of nitrogens with one attached hydrogen (secondary N) is 2. The second-order valence-corrected chi connectivity index (χ2v) is 7.67. The molecule has 0 saturated carbocycles. The second kappa shape index (κ2) is 6.37. The number of nitrogens with two attached hydrogens (primary N) is 1. The molecule has 4 N–H and O–H groups in total. The van der Waals surface area contributed by atoms with Crippen LogP contribution in [-0.4, -0.2) is 5.84 Å². The Kier molecular flexibility index (Phi) is 3.91. The molecule has 29 heavy (non-hydrogen) atoms. The van der Waals surface area contributed by atoms with Crippen LogP contribution in [0, 0.1) is 28.8 Å². The van der Waals surface area contributed by atoms with Crippen molar-refractivity contribution in [2.24, 2.45) is 11.7 Å². The predicted molar refractivity (Wildman–Crippen MR) is 106 cm³/mol. The first-order valence-corrected chi connectivity index (χ1v) is 9.41. The minimum atomic E-state index is -1.19. The lowest BCUT2D eigenvalue weighted by Crippen LogP contribution is -2.31. The van der Waals surface area contributed by atoms with Crippen molar-refractivity contribution < 1.29 is 13.2 Å². The van der Waals surface area contributed by atoms with E-state index in [0.29, 0.717) is 18.1 Å². The Labute approximate surface area is 165 Å². The van der Waals surface area contributed by atoms with Gasteiger partial charge in [0.15, 0.2) is 11.6 Å². The summed E-state index contributed by atoms with van der Waals surface area (Å²) in [6.07, 6.45) is 0.681.